The van der Waals surface area contributed by atoms with E-state index in [0.29, 0.717) is 42.2 Å². The minimum atomic E-state index is -0.496. The highest BCUT2D eigenvalue weighted by atomic mass is 19.1. The predicted octanol–water partition coefficient (Wildman–Crippen LogP) is 4.08. The summed E-state index contributed by atoms with van der Waals surface area (Å²) < 4.78 is 19.8. The van der Waals surface area contributed by atoms with Gasteiger partial charge >= 0.3 is 5.97 Å². The number of esters is 1. The number of amides is 1. The van der Waals surface area contributed by atoms with Gasteiger partial charge in [-0.3, -0.25) is 9.79 Å². The molecule has 1 amide bonds. The SMILES string of the molecule is C=C(/C=C1/N=C(C(=O)N2CCN=C(C=CN)C2C)C=C(CC)N1C)c1ccc(/C=C/C(=O)OCC)cc1F. The van der Waals surface area contributed by atoms with Gasteiger partial charge in [0.25, 0.3) is 5.91 Å². The zero-order chi connectivity index (χ0) is 27.8. The summed E-state index contributed by atoms with van der Waals surface area (Å²) >= 11 is 0. The Morgan fingerprint density at radius 1 is 1.29 bits per heavy atom. The second-order valence-corrected chi connectivity index (χ2v) is 8.74. The molecule has 0 saturated carbocycles. The summed E-state index contributed by atoms with van der Waals surface area (Å²) in [5, 5.41) is 0. The molecule has 1 unspecified atom stereocenters. The van der Waals surface area contributed by atoms with Crippen molar-refractivity contribution in [1.29, 1.82) is 0 Å². The van der Waals surface area contributed by atoms with Gasteiger partial charge in [-0.1, -0.05) is 25.6 Å². The van der Waals surface area contributed by atoms with E-state index >= 15 is 0 Å². The number of allylic oxidation sites excluding steroid dienone is 3. The first kappa shape index (κ1) is 28.3. The van der Waals surface area contributed by atoms with Crippen molar-refractivity contribution in [2.75, 3.05) is 26.7 Å². The molecule has 2 N–H and O–H groups in total. The first-order chi connectivity index (χ1) is 18.2. The van der Waals surface area contributed by atoms with E-state index in [1.54, 1.807) is 42.2 Å². The van der Waals surface area contributed by atoms with Crippen LogP contribution in [0, 0.1) is 5.82 Å². The number of benzene rings is 1. The molecule has 2 aliphatic heterocycles. The molecule has 9 heteroatoms. The van der Waals surface area contributed by atoms with Gasteiger partial charge in [0.05, 0.1) is 24.9 Å². The Balaban J connectivity index is 1.88. The summed E-state index contributed by atoms with van der Waals surface area (Å²) in [5.41, 5.74) is 8.66. The van der Waals surface area contributed by atoms with Crippen molar-refractivity contribution in [3.63, 3.8) is 0 Å². The third kappa shape index (κ3) is 6.53. The maximum atomic E-state index is 15.0. The number of carbonyl (C=O) groups is 2. The second-order valence-electron chi connectivity index (χ2n) is 8.74. The number of hydrogen-bond acceptors (Lipinski definition) is 7. The lowest BCUT2D eigenvalue weighted by Crippen LogP contribution is -2.50. The molecule has 8 nitrogen and oxygen atoms in total. The zero-order valence-corrected chi connectivity index (χ0v) is 22.3. The molecule has 0 radical (unpaired) electrons. The average molecular weight is 520 g/mol. The summed E-state index contributed by atoms with van der Waals surface area (Å²) in [6.07, 6.45) is 9.97. The van der Waals surface area contributed by atoms with Crippen molar-refractivity contribution in [1.82, 2.24) is 9.80 Å². The van der Waals surface area contributed by atoms with Crippen molar-refractivity contribution in [3.05, 3.63) is 83.7 Å². The lowest BCUT2D eigenvalue weighted by Gasteiger charge is -2.34. The smallest absolute Gasteiger partial charge is 0.330 e. The van der Waals surface area contributed by atoms with Crippen LogP contribution >= 0.6 is 0 Å². The van der Waals surface area contributed by atoms with Crippen LogP contribution in [-0.2, 0) is 14.3 Å². The number of aliphatic imine (C=N–C) groups is 2. The van der Waals surface area contributed by atoms with E-state index < -0.39 is 11.8 Å². The molecule has 38 heavy (non-hydrogen) atoms. The van der Waals surface area contributed by atoms with E-state index in [0.717, 1.165) is 11.4 Å². The molecule has 1 aromatic carbocycles. The molecule has 2 aliphatic rings. The molecule has 0 spiro atoms. The van der Waals surface area contributed by atoms with Gasteiger partial charge in [0.1, 0.15) is 17.3 Å². The first-order valence-electron chi connectivity index (χ1n) is 12.5. The quantitative estimate of drug-likeness (QED) is 0.412. The topological polar surface area (TPSA) is 101 Å². The number of nitrogens with two attached hydrogens (primary N) is 1. The Labute approximate surface area is 223 Å². The Morgan fingerprint density at radius 3 is 2.71 bits per heavy atom. The molecule has 2 heterocycles. The molecule has 0 bridgehead atoms. The summed E-state index contributed by atoms with van der Waals surface area (Å²) in [6, 6.07) is 4.35. The lowest BCUT2D eigenvalue weighted by atomic mass is 10.0. The number of carbonyl (C=O) groups excluding carboxylic acids is 2. The lowest BCUT2D eigenvalue weighted by molar-refractivity contribution is -0.137. The van der Waals surface area contributed by atoms with Crippen molar-refractivity contribution in [3.8, 4) is 0 Å². The maximum Gasteiger partial charge on any atom is 0.330 e. The third-order valence-electron chi connectivity index (χ3n) is 6.29. The molecule has 0 saturated heterocycles. The maximum absolute atomic E-state index is 15.0. The predicted molar refractivity (Wildman–Crippen MR) is 150 cm³/mol. The minimum Gasteiger partial charge on any atom is -0.463 e. The fourth-order valence-electron chi connectivity index (χ4n) is 4.18. The standard InChI is InChI=1S/C29H34FN5O3/c1-6-22-18-26(29(37)35-15-14-32-25(12-13-31)20(35)4)33-27(34(22)5)16-19(3)23-10-8-21(17-24(23)30)9-11-28(36)38-7-2/h8-13,16-18,20H,3,6-7,14-15,31H2,1-2,4-5H3/b11-9+,13-12?,27-16-. The van der Waals surface area contributed by atoms with Crippen molar-refractivity contribution in [2.24, 2.45) is 15.7 Å². The minimum absolute atomic E-state index is 0.213. The average Bonchev–Trinajstić information content (AvgIpc) is 2.89. The van der Waals surface area contributed by atoms with Crippen molar-refractivity contribution < 1.29 is 18.7 Å². The summed E-state index contributed by atoms with van der Waals surface area (Å²) in [5.74, 6) is -0.726. The number of nitrogens with zero attached hydrogens (tertiary/aromatic N) is 4. The zero-order valence-electron chi connectivity index (χ0n) is 22.3. The van der Waals surface area contributed by atoms with Crippen LogP contribution < -0.4 is 5.73 Å². The highest BCUT2D eigenvalue weighted by Crippen LogP contribution is 2.27. The molecule has 1 atom stereocenters. The number of rotatable bonds is 8. The van der Waals surface area contributed by atoms with Crippen LogP contribution in [0.1, 0.15) is 38.3 Å². The second kappa shape index (κ2) is 12.8. The van der Waals surface area contributed by atoms with Crippen LogP contribution in [0.4, 0.5) is 4.39 Å². The van der Waals surface area contributed by atoms with Gasteiger partial charge in [-0.25, -0.2) is 14.2 Å². The van der Waals surface area contributed by atoms with Crippen molar-refractivity contribution in [2.45, 2.75) is 33.2 Å². The Kier molecular flexibility index (Phi) is 9.54. The summed E-state index contributed by atoms with van der Waals surface area (Å²) in [7, 11) is 1.85. The molecule has 0 fully saturated rings. The highest BCUT2D eigenvalue weighted by Gasteiger charge is 2.30. The Morgan fingerprint density at radius 2 is 2.05 bits per heavy atom. The third-order valence-corrected chi connectivity index (χ3v) is 6.29. The largest absolute Gasteiger partial charge is 0.463 e. The monoisotopic (exact) mass is 519 g/mol. The first-order valence-corrected chi connectivity index (χ1v) is 12.5. The molecule has 200 valence electrons. The van der Waals surface area contributed by atoms with E-state index in [1.165, 1.54) is 24.4 Å². The molecule has 0 aliphatic carbocycles. The van der Waals surface area contributed by atoms with Crippen LogP contribution in [0.15, 0.2) is 76.8 Å². The van der Waals surface area contributed by atoms with Crippen LogP contribution in [-0.4, -0.2) is 65.9 Å². The van der Waals surface area contributed by atoms with Crippen molar-refractivity contribution >= 4 is 34.9 Å². The van der Waals surface area contributed by atoms with E-state index in [1.807, 2.05) is 25.8 Å². The summed E-state index contributed by atoms with van der Waals surface area (Å²) in [4.78, 5) is 37.7. The number of ether oxygens (including phenoxy) is 1. The van der Waals surface area contributed by atoms with Gasteiger partial charge in [0.15, 0.2) is 0 Å². The van der Waals surface area contributed by atoms with Crippen LogP contribution in [0.2, 0.25) is 0 Å². The van der Waals surface area contributed by atoms with E-state index in [9.17, 15) is 14.0 Å². The molecular weight excluding hydrogens is 485 g/mol. The molecule has 0 aromatic heterocycles. The fraction of sp³-hybridized carbons (Fsp3) is 0.310. The van der Waals surface area contributed by atoms with Gasteiger partial charge in [-0.15, -0.1) is 0 Å². The molecule has 3 rings (SSSR count). The van der Waals surface area contributed by atoms with Crippen LogP contribution in [0.25, 0.3) is 11.6 Å². The van der Waals surface area contributed by atoms with Gasteiger partial charge in [0.2, 0.25) is 0 Å². The van der Waals surface area contributed by atoms with Crippen LogP contribution in [0.3, 0.4) is 0 Å². The van der Waals surface area contributed by atoms with Gasteiger partial charge in [-0.2, -0.15) is 0 Å². The van der Waals surface area contributed by atoms with E-state index in [2.05, 4.69) is 16.6 Å². The van der Waals surface area contributed by atoms with E-state index in [4.69, 9.17) is 10.5 Å². The number of hydrogen-bond donors (Lipinski definition) is 1. The molecular formula is C29H34FN5O3. The Hall–Kier alpha value is -4.27. The summed E-state index contributed by atoms with van der Waals surface area (Å²) in [6.45, 7) is 10.9. The van der Waals surface area contributed by atoms with Gasteiger partial charge < -0.3 is 20.3 Å². The van der Waals surface area contributed by atoms with Gasteiger partial charge in [0, 0.05) is 30.9 Å². The molecule has 1 aromatic rings. The van der Waals surface area contributed by atoms with Crippen LogP contribution in [0.5, 0.6) is 0 Å². The fourth-order valence-corrected chi connectivity index (χ4v) is 4.18. The normalized spacial score (nSPS) is 19.0. The highest BCUT2D eigenvalue weighted by molar-refractivity contribution is 6.44. The van der Waals surface area contributed by atoms with Gasteiger partial charge in [-0.05, 0) is 68.0 Å². The van der Waals surface area contributed by atoms with E-state index in [-0.39, 0.29) is 24.1 Å². The Bertz CT molecular complexity index is 1290. The number of halogens is 1.